The minimum absolute atomic E-state index is 0.122. The monoisotopic (exact) mass is 556 g/mol. The van der Waals surface area contributed by atoms with Crippen LogP contribution in [0.4, 0.5) is 0 Å². The van der Waals surface area contributed by atoms with Crippen molar-refractivity contribution in [3.05, 3.63) is 42.0 Å². The Balaban J connectivity index is 1.97. The fourth-order valence-electron chi connectivity index (χ4n) is 6.57. The number of rotatable bonds is 14. The van der Waals surface area contributed by atoms with Crippen molar-refractivity contribution in [1.29, 1.82) is 0 Å². The fourth-order valence-corrected chi connectivity index (χ4v) is 6.57. The van der Waals surface area contributed by atoms with Gasteiger partial charge in [-0.05, 0) is 62.8 Å². The lowest BCUT2D eigenvalue weighted by Crippen LogP contribution is -2.55. The van der Waals surface area contributed by atoms with Gasteiger partial charge in [-0.25, -0.2) is 16.2 Å². The molecule has 1 aliphatic carbocycles. The first-order valence-corrected chi connectivity index (χ1v) is 14.7. The highest BCUT2D eigenvalue weighted by Crippen LogP contribution is 2.49. The number of allylic oxidation sites excluding steroid dienone is 1. The minimum Gasteiger partial charge on any atom is -0.350 e. The second kappa shape index (κ2) is 14.9. The first-order chi connectivity index (χ1) is 19.1. The quantitative estimate of drug-likeness (QED) is 0.116. The van der Waals surface area contributed by atoms with Crippen LogP contribution in [0.15, 0.2) is 36.4 Å². The number of carbonyl (C=O) groups excluding carboxylic acids is 3. The van der Waals surface area contributed by atoms with Crippen LogP contribution in [-0.4, -0.2) is 36.5 Å². The van der Waals surface area contributed by atoms with Crippen molar-refractivity contribution in [1.82, 2.24) is 10.9 Å². The molecule has 2 fully saturated rings. The summed E-state index contributed by atoms with van der Waals surface area (Å²) in [6, 6.07) is 9.00. The number of benzene rings is 1. The maximum absolute atomic E-state index is 13.9. The molecule has 2 aliphatic rings. The van der Waals surface area contributed by atoms with Gasteiger partial charge in [0.25, 0.3) is 0 Å². The number of hydrazine groups is 1. The maximum Gasteiger partial charge on any atom is 0.247 e. The molecule has 5 atom stereocenters. The summed E-state index contributed by atoms with van der Waals surface area (Å²) in [4.78, 5) is 46.2. The molecular weight excluding hydrogens is 508 g/mol. The van der Waals surface area contributed by atoms with E-state index in [-0.39, 0.29) is 12.3 Å². The average molecular weight is 557 g/mol. The molecule has 1 aliphatic heterocycles. The van der Waals surface area contributed by atoms with Gasteiger partial charge in [-0.2, -0.15) is 0 Å². The van der Waals surface area contributed by atoms with Crippen LogP contribution in [0.1, 0.15) is 90.5 Å². The Morgan fingerprint density at radius 3 is 2.38 bits per heavy atom. The van der Waals surface area contributed by atoms with Crippen LogP contribution in [0, 0.1) is 22.7 Å². The molecule has 1 saturated carbocycles. The fraction of sp³-hybridized carbons (Fsp3) is 0.645. The van der Waals surface area contributed by atoms with Gasteiger partial charge in [0.15, 0.2) is 12.1 Å². The molecule has 3 rings (SSSR count). The van der Waals surface area contributed by atoms with E-state index in [2.05, 4.69) is 10.9 Å². The second-order valence-electron chi connectivity index (χ2n) is 12.1. The largest absolute Gasteiger partial charge is 0.350 e. The van der Waals surface area contributed by atoms with E-state index in [0.717, 1.165) is 44.1 Å². The van der Waals surface area contributed by atoms with E-state index in [9.17, 15) is 14.4 Å². The number of ether oxygens (including phenoxy) is 1. The smallest absolute Gasteiger partial charge is 0.247 e. The number of nitrogens with two attached hydrogens (primary N) is 2. The van der Waals surface area contributed by atoms with Crippen LogP contribution in [0.2, 0.25) is 0 Å². The number of nitrogens with one attached hydrogen (secondary N) is 2. The number of Topliss-reactive ketones (excluding diaryl/α,β-unsaturated/α-hetero) is 1. The lowest BCUT2D eigenvalue weighted by Gasteiger charge is -2.44. The standard InChI is InChI=1S/C31H48N4O5/c1-22(32)27(36)31(3,29(38)34-33)21-30(2,20-24-14-7-8-15-24)25(17-11-16-23-12-5-4-6-13-23)28(37)35-40-26-18-9-10-19-39-26/h4-6,11-13,16,22,24-26H,7-10,14-15,17-21,32-33H2,1-3H3,(H,34,38)(H,35,37)/b16-11+/t22-,25-,26?,30-,31?/m1/s1. The molecule has 6 N–H and O–H groups in total. The van der Waals surface area contributed by atoms with Gasteiger partial charge in [-0.1, -0.05) is 75.1 Å². The number of hydroxylamine groups is 1. The first kappa shape index (κ1) is 31.9. The highest BCUT2D eigenvalue weighted by atomic mass is 16.8. The molecule has 0 radical (unpaired) electrons. The number of ketones is 1. The highest BCUT2D eigenvalue weighted by molar-refractivity contribution is 6.07. The Morgan fingerprint density at radius 1 is 1.10 bits per heavy atom. The van der Waals surface area contributed by atoms with E-state index in [1.165, 1.54) is 0 Å². The molecule has 2 unspecified atom stereocenters. The summed E-state index contributed by atoms with van der Waals surface area (Å²) < 4.78 is 5.65. The predicted molar refractivity (Wildman–Crippen MR) is 155 cm³/mol. The van der Waals surface area contributed by atoms with Crippen molar-refractivity contribution in [3.63, 3.8) is 0 Å². The number of hydrogen-bond acceptors (Lipinski definition) is 7. The molecule has 40 heavy (non-hydrogen) atoms. The third-order valence-corrected chi connectivity index (χ3v) is 8.65. The second-order valence-corrected chi connectivity index (χ2v) is 12.1. The van der Waals surface area contributed by atoms with Crippen LogP contribution in [0.3, 0.4) is 0 Å². The van der Waals surface area contributed by atoms with Gasteiger partial charge < -0.3 is 10.5 Å². The molecule has 9 nitrogen and oxygen atoms in total. The molecule has 9 heteroatoms. The molecule has 1 saturated heterocycles. The molecule has 0 bridgehead atoms. The van der Waals surface area contributed by atoms with Crippen LogP contribution >= 0.6 is 0 Å². The lowest BCUT2D eigenvalue weighted by atomic mass is 9.60. The van der Waals surface area contributed by atoms with Crippen molar-refractivity contribution in [2.45, 2.75) is 97.3 Å². The molecule has 1 aromatic rings. The van der Waals surface area contributed by atoms with E-state index in [4.69, 9.17) is 21.2 Å². The molecule has 2 amide bonds. The summed E-state index contributed by atoms with van der Waals surface area (Å²) in [7, 11) is 0. The first-order valence-electron chi connectivity index (χ1n) is 14.7. The number of amides is 2. The van der Waals surface area contributed by atoms with Gasteiger partial charge in [0.1, 0.15) is 5.41 Å². The van der Waals surface area contributed by atoms with E-state index >= 15 is 0 Å². The Labute approximate surface area is 238 Å². The topological polar surface area (TPSA) is 146 Å². The molecule has 222 valence electrons. The van der Waals surface area contributed by atoms with E-state index in [0.29, 0.717) is 31.8 Å². The summed E-state index contributed by atoms with van der Waals surface area (Å²) in [5.41, 5.74) is 9.64. The summed E-state index contributed by atoms with van der Waals surface area (Å²) >= 11 is 0. The van der Waals surface area contributed by atoms with Gasteiger partial charge in [0.05, 0.1) is 6.04 Å². The summed E-state index contributed by atoms with van der Waals surface area (Å²) in [5.74, 6) is 4.07. The van der Waals surface area contributed by atoms with Crippen molar-refractivity contribution in [2.75, 3.05) is 6.61 Å². The molecule has 0 aromatic heterocycles. The van der Waals surface area contributed by atoms with Crippen molar-refractivity contribution >= 4 is 23.7 Å². The van der Waals surface area contributed by atoms with Gasteiger partial charge in [0.2, 0.25) is 11.8 Å². The van der Waals surface area contributed by atoms with Crippen molar-refractivity contribution in [3.8, 4) is 0 Å². The van der Waals surface area contributed by atoms with Gasteiger partial charge in [-0.15, -0.1) is 0 Å². The average Bonchev–Trinajstić information content (AvgIpc) is 3.46. The van der Waals surface area contributed by atoms with E-state index in [1.54, 1.807) is 13.8 Å². The molecule has 1 heterocycles. The molecule has 1 aromatic carbocycles. The van der Waals surface area contributed by atoms with Crippen molar-refractivity contribution in [2.24, 2.45) is 34.2 Å². The maximum atomic E-state index is 13.9. The van der Waals surface area contributed by atoms with E-state index in [1.807, 2.05) is 49.4 Å². The van der Waals surface area contributed by atoms with Gasteiger partial charge in [0, 0.05) is 18.9 Å². The zero-order chi connectivity index (χ0) is 29.2. The zero-order valence-corrected chi connectivity index (χ0v) is 24.3. The van der Waals surface area contributed by atoms with Gasteiger partial charge in [-0.3, -0.25) is 19.8 Å². The van der Waals surface area contributed by atoms with Gasteiger partial charge >= 0.3 is 0 Å². The molecule has 0 spiro atoms. The zero-order valence-electron chi connectivity index (χ0n) is 24.3. The Morgan fingerprint density at radius 2 is 1.77 bits per heavy atom. The Hall–Kier alpha value is -2.59. The highest BCUT2D eigenvalue weighted by Gasteiger charge is 2.51. The lowest BCUT2D eigenvalue weighted by molar-refractivity contribution is -0.204. The van der Waals surface area contributed by atoms with Crippen LogP contribution < -0.4 is 22.5 Å². The third-order valence-electron chi connectivity index (χ3n) is 8.65. The van der Waals surface area contributed by atoms with Crippen LogP contribution in [-0.2, 0) is 24.0 Å². The molecular formula is C31H48N4O5. The number of carbonyl (C=O) groups is 3. The SMILES string of the molecule is C[C@@H](N)C(=O)C(C)(C[C@@](C)(CC1CCCC1)[C@H](C/C=C/c1ccccc1)C(=O)NOC1CCCCO1)C(=O)NN. The minimum atomic E-state index is -1.51. The predicted octanol–water partition coefficient (Wildman–Crippen LogP) is 4.17. The Bertz CT molecular complexity index is 1000. The van der Waals surface area contributed by atoms with Crippen LogP contribution in [0.25, 0.3) is 6.08 Å². The van der Waals surface area contributed by atoms with Crippen molar-refractivity contribution < 1.29 is 24.0 Å². The number of hydrogen-bond donors (Lipinski definition) is 4. The Kier molecular flexibility index (Phi) is 11.9. The summed E-state index contributed by atoms with van der Waals surface area (Å²) in [5, 5.41) is 0. The normalized spacial score (nSPS) is 22.7. The van der Waals surface area contributed by atoms with E-state index < -0.39 is 40.8 Å². The third kappa shape index (κ3) is 8.46. The summed E-state index contributed by atoms with van der Waals surface area (Å²) in [6.45, 7) is 5.77. The van der Waals surface area contributed by atoms with Crippen LogP contribution in [0.5, 0.6) is 0 Å². The summed E-state index contributed by atoms with van der Waals surface area (Å²) in [6.07, 6.45) is 11.7.